The Labute approximate surface area is 114 Å². The number of thioether (sulfide) groups is 1. The van der Waals surface area contributed by atoms with Crippen LogP contribution in [0, 0.1) is 6.92 Å². The van der Waals surface area contributed by atoms with E-state index in [2.05, 4.69) is 31.2 Å². The number of hydrogen-bond acceptors (Lipinski definition) is 2. The van der Waals surface area contributed by atoms with E-state index in [0.717, 1.165) is 5.75 Å². The van der Waals surface area contributed by atoms with E-state index < -0.39 is 5.06 Å². The summed E-state index contributed by atoms with van der Waals surface area (Å²) in [6.07, 6.45) is 0. The highest BCUT2D eigenvalue weighted by Gasteiger charge is 2.28. The minimum absolute atomic E-state index is 0.218. The van der Waals surface area contributed by atoms with Crippen molar-refractivity contribution in [2.24, 2.45) is 0 Å². The van der Waals surface area contributed by atoms with Crippen LogP contribution in [0.2, 0.25) is 0 Å². The number of aryl methyl sites for hydroxylation is 1. The summed E-state index contributed by atoms with van der Waals surface area (Å²) in [5.74, 6) is 0.731. The second-order valence-corrected chi connectivity index (χ2v) is 7.27. The first-order valence-corrected chi connectivity index (χ1v) is 7.13. The molecular weight excluding hydrogens is 252 g/mol. The average Bonchev–Trinajstić information content (AvgIpc) is 2.13. The van der Waals surface area contributed by atoms with Crippen molar-refractivity contribution in [3.05, 3.63) is 29.8 Å². The maximum atomic E-state index is 6.36. The summed E-state index contributed by atoms with van der Waals surface area (Å²) in [7, 11) is 0. The molecule has 0 radical (unpaired) electrons. The van der Waals surface area contributed by atoms with E-state index in [4.69, 9.17) is 16.3 Å². The monoisotopic (exact) mass is 272 g/mol. The van der Waals surface area contributed by atoms with Crippen LogP contribution < -0.4 is 0 Å². The fraction of sp³-hybridized carbons (Fsp3) is 0.571. The second-order valence-electron chi connectivity index (χ2n) is 5.42. The topological polar surface area (TPSA) is 9.23 Å². The Morgan fingerprint density at radius 1 is 1.12 bits per heavy atom. The highest BCUT2D eigenvalue weighted by atomic mass is 35.5. The van der Waals surface area contributed by atoms with E-state index in [1.807, 2.05) is 27.7 Å². The van der Waals surface area contributed by atoms with Crippen molar-refractivity contribution < 1.29 is 4.74 Å². The van der Waals surface area contributed by atoms with Crippen LogP contribution in [-0.4, -0.2) is 16.4 Å². The molecule has 1 unspecified atom stereocenters. The van der Waals surface area contributed by atoms with Crippen molar-refractivity contribution in [1.82, 2.24) is 0 Å². The molecule has 0 aliphatic heterocycles. The fourth-order valence-electron chi connectivity index (χ4n) is 1.51. The van der Waals surface area contributed by atoms with Crippen molar-refractivity contribution in [3.63, 3.8) is 0 Å². The van der Waals surface area contributed by atoms with Gasteiger partial charge in [-0.05, 0) is 46.8 Å². The lowest BCUT2D eigenvalue weighted by Gasteiger charge is -2.31. The Balaban J connectivity index is 2.52. The Morgan fingerprint density at radius 2 is 1.65 bits per heavy atom. The second kappa shape index (κ2) is 5.64. The van der Waals surface area contributed by atoms with Crippen molar-refractivity contribution >= 4 is 23.4 Å². The molecule has 1 aromatic carbocycles. The van der Waals surface area contributed by atoms with Gasteiger partial charge >= 0.3 is 0 Å². The summed E-state index contributed by atoms with van der Waals surface area (Å²) in [5.41, 5.74) is 1.05. The third-order valence-electron chi connectivity index (χ3n) is 2.04. The molecule has 0 aliphatic carbocycles. The molecule has 1 atom stereocenters. The summed E-state index contributed by atoms with van der Waals surface area (Å²) in [5, 5.41) is -0.631. The predicted molar refractivity (Wildman–Crippen MR) is 77.0 cm³/mol. The highest BCUT2D eigenvalue weighted by molar-refractivity contribution is 7.99. The van der Waals surface area contributed by atoms with Gasteiger partial charge in [-0.1, -0.05) is 29.3 Å². The van der Waals surface area contributed by atoms with Gasteiger partial charge in [0.2, 0.25) is 0 Å². The molecule has 0 aliphatic rings. The summed E-state index contributed by atoms with van der Waals surface area (Å²) < 4.78 is 5.82. The van der Waals surface area contributed by atoms with Crippen molar-refractivity contribution in [3.8, 4) is 0 Å². The zero-order chi connectivity index (χ0) is 13.1. The molecule has 0 fully saturated rings. The SMILES string of the molecule is Cc1ccc(SCC(C)(Cl)OC(C)(C)C)cc1. The van der Waals surface area contributed by atoms with E-state index in [0.29, 0.717) is 0 Å². The Morgan fingerprint density at radius 3 is 2.12 bits per heavy atom. The summed E-state index contributed by atoms with van der Waals surface area (Å²) in [4.78, 5) is 1.22. The first-order valence-electron chi connectivity index (χ1n) is 5.76. The molecule has 0 heterocycles. The van der Waals surface area contributed by atoms with Crippen LogP contribution >= 0.6 is 23.4 Å². The van der Waals surface area contributed by atoms with Gasteiger partial charge in [0.1, 0.15) is 5.06 Å². The van der Waals surface area contributed by atoms with Crippen LogP contribution in [0.3, 0.4) is 0 Å². The number of ether oxygens (including phenoxy) is 1. The van der Waals surface area contributed by atoms with Gasteiger partial charge < -0.3 is 4.74 Å². The quantitative estimate of drug-likeness (QED) is 0.572. The number of rotatable bonds is 4. The molecule has 17 heavy (non-hydrogen) atoms. The van der Waals surface area contributed by atoms with Crippen molar-refractivity contribution in [2.45, 2.75) is 50.2 Å². The zero-order valence-corrected chi connectivity index (χ0v) is 12.8. The summed E-state index contributed by atoms with van der Waals surface area (Å²) >= 11 is 8.08. The van der Waals surface area contributed by atoms with E-state index in [9.17, 15) is 0 Å². The molecular formula is C14H21ClOS. The lowest BCUT2D eigenvalue weighted by molar-refractivity contribution is -0.0639. The molecule has 0 spiro atoms. The lowest BCUT2D eigenvalue weighted by atomic mass is 10.2. The number of alkyl halides is 1. The van der Waals surface area contributed by atoms with Crippen LogP contribution in [0.4, 0.5) is 0 Å². The lowest BCUT2D eigenvalue weighted by Crippen LogP contribution is -2.34. The van der Waals surface area contributed by atoms with E-state index in [-0.39, 0.29) is 5.60 Å². The maximum absolute atomic E-state index is 6.36. The van der Waals surface area contributed by atoms with Gasteiger partial charge in [0.05, 0.1) is 5.60 Å². The van der Waals surface area contributed by atoms with Gasteiger partial charge in [-0.15, -0.1) is 11.8 Å². The largest absolute Gasteiger partial charge is 0.354 e. The van der Waals surface area contributed by atoms with Crippen LogP contribution in [-0.2, 0) is 4.74 Å². The van der Waals surface area contributed by atoms with Crippen LogP contribution in [0.15, 0.2) is 29.2 Å². The average molecular weight is 273 g/mol. The predicted octanol–water partition coefficient (Wildman–Crippen LogP) is 4.86. The van der Waals surface area contributed by atoms with E-state index in [1.54, 1.807) is 11.8 Å². The van der Waals surface area contributed by atoms with Gasteiger partial charge in [-0.3, -0.25) is 0 Å². The molecule has 0 N–H and O–H groups in total. The number of halogens is 1. The number of benzene rings is 1. The molecule has 0 aromatic heterocycles. The van der Waals surface area contributed by atoms with Gasteiger partial charge in [0, 0.05) is 10.6 Å². The molecule has 3 heteroatoms. The zero-order valence-electron chi connectivity index (χ0n) is 11.2. The standard InChI is InChI=1S/C14H21ClOS/c1-11-6-8-12(9-7-11)17-10-14(5,15)16-13(2,3)4/h6-9H,10H2,1-5H3. The summed E-state index contributed by atoms with van der Waals surface area (Å²) in [6.45, 7) is 10.1. The molecule has 1 nitrogen and oxygen atoms in total. The van der Waals surface area contributed by atoms with Gasteiger partial charge in [0.25, 0.3) is 0 Å². The smallest absolute Gasteiger partial charge is 0.149 e. The Bertz CT molecular complexity index is 351. The molecule has 1 aromatic rings. The van der Waals surface area contributed by atoms with E-state index in [1.165, 1.54) is 10.5 Å². The number of hydrogen-bond donors (Lipinski definition) is 0. The molecule has 0 saturated heterocycles. The minimum Gasteiger partial charge on any atom is -0.354 e. The minimum atomic E-state index is -0.631. The van der Waals surface area contributed by atoms with Crippen molar-refractivity contribution in [1.29, 1.82) is 0 Å². The Kier molecular flexibility index (Phi) is 4.94. The van der Waals surface area contributed by atoms with Crippen LogP contribution in [0.1, 0.15) is 33.3 Å². The molecule has 0 bridgehead atoms. The fourth-order valence-corrected chi connectivity index (χ4v) is 2.72. The van der Waals surface area contributed by atoms with E-state index >= 15 is 0 Å². The van der Waals surface area contributed by atoms with Gasteiger partial charge in [-0.2, -0.15) is 0 Å². The third-order valence-corrected chi connectivity index (χ3v) is 3.71. The van der Waals surface area contributed by atoms with Gasteiger partial charge in [0.15, 0.2) is 0 Å². The third kappa shape index (κ3) is 6.35. The van der Waals surface area contributed by atoms with Crippen LogP contribution in [0.5, 0.6) is 0 Å². The first kappa shape index (κ1) is 14.9. The summed E-state index contributed by atoms with van der Waals surface area (Å²) in [6, 6.07) is 8.45. The van der Waals surface area contributed by atoms with Gasteiger partial charge in [-0.25, -0.2) is 0 Å². The normalized spacial score (nSPS) is 15.6. The highest BCUT2D eigenvalue weighted by Crippen LogP contribution is 2.31. The van der Waals surface area contributed by atoms with Crippen molar-refractivity contribution in [2.75, 3.05) is 5.75 Å². The van der Waals surface area contributed by atoms with Crippen LogP contribution in [0.25, 0.3) is 0 Å². The first-order chi connectivity index (χ1) is 7.68. The maximum Gasteiger partial charge on any atom is 0.149 e. The molecule has 96 valence electrons. The Hall–Kier alpha value is -0.180. The molecule has 0 amide bonds. The molecule has 1 rings (SSSR count). The molecule has 0 saturated carbocycles.